The summed E-state index contributed by atoms with van der Waals surface area (Å²) in [6.45, 7) is 1.49. The van der Waals surface area contributed by atoms with E-state index in [1.165, 1.54) is 0 Å². The molecule has 1 aliphatic heterocycles. The minimum absolute atomic E-state index is 0.0452. The molecule has 4 nitrogen and oxygen atoms in total. The van der Waals surface area contributed by atoms with Crippen molar-refractivity contribution >= 4 is 16.8 Å². The number of hydrogen-bond acceptors (Lipinski definition) is 2. The molecule has 0 atom stereocenters. The summed E-state index contributed by atoms with van der Waals surface area (Å²) in [5.74, 6) is -0.0452. The van der Waals surface area contributed by atoms with Crippen molar-refractivity contribution in [2.75, 3.05) is 6.54 Å². The van der Waals surface area contributed by atoms with Gasteiger partial charge in [-0.3, -0.25) is 4.79 Å². The Bertz CT molecular complexity index is 948. The van der Waals surface area contributed by atoms with Gasteiger partial charge in [-0.15, -0.1) is 0 Å². The zero-order valence-corrected chi connectivity index (χ0v) is 12.5. The summed E-state index contributed by atoms with van der Waals surface area (Å²) in [6, 6.07) is 17.9. The molecular weight excluding hydrogens is 286 g/mol. The molecule has 0 fully saturated rings. The van der Waals surface area contributed by atoms with Crippen molar-refractivity contribution in [3.8, 4) is 17.2 Å². The van der Waals surface area contributed by atoms with Crippen molar-refractivity contribution in [2.45, 2.75) is 13.0 Å². The molecule has 4 rings (SSSR count). The lowest BCUT2D eigenvalue weighted by Crippen LogP contribution is -2.22. The van der Waals surface area contributed by atoms with E-state index in [1.54, 1.807) is 0 Å². The summed E-state index contributed by atoms with van der Waals surface area (Å²) in [4.78, 5) is 12.3. The fourth-order valence-corrected chi connectivity index (χ4v) is 3.27. The van der Waals surface area contributed by atoms with E-state index in [1.807, 2.05) is 48.5 Å². The van der Waals surface area contributed by atoms with Crippen molar-refractivity contribution in [3.63, 3.8) is 0 Å². The smallest absolute Gasteiger partial charge is 0.267 e. The average molecular weight is 301 g/mol. The Kier molecular flexibility index (Phi) is 3.13. The summed E-state index contributed by atoms with van der Waals surface area (Å²) in [5, 5.41) is 13.2. The Labute approximate surface area is 134 Å². The maximum absolute atomic E-state index is 12.3. The maximum atomic E-state index is 12.3. The normalized spacial score (nSPS) is 14.0. The van der Waals surface area contributed by atoms with Crippen molar-refractivity contribution in [2.24, 2.45) is 0 Å². The fourth-order valence-electron chi connectivity index (χ4n) is 3.27. The van der Waals surface area contributed by atoms with Crippen molar-refractivity contribution in [1.29, 1.82) is 5.26 Å². The number of nitrogens with one attached hydrogen (secondary N) is 1. The lowest BCUT2D eigenvalue weighted by molar-refractivity contribution is 0.0951. The van der Waals surface area contributed by atoms with Gasteiger partial charge in [0.25, 0.3) is 5.91 Å². The lowest BCUT2D eigenvalue weighted by atomic mass is 10.00. The minimum Gasteiger partial charge on any atom is -0.351 e. The van der Waals surface area contributed by atoms with E-state index in [-0.39, 0.29) is 5.91 Å². The van der Waals surface area contributed by atoms with Crippen molar-refractivity contribution < 1.29 is 4.79 Å². The number of fused-ring (bicyclic) bond motifs is 3. The van der Waals surface area contributed by atoms with Crippen LogP contribution in [0.15, 0.2) is 48.5 Å². The van der Waals surface area contributed by atoms with Gasteiger partial charge in [0, 0.05) is 24.0 Å². The van der Waals surface area contributed by atoms with E-state index >= 15 is 0 Å². The SMILES string of the molecule is N#Cc1cc(-c2ccccc2)c2c(c1)cc1n2CCCNC1=O. The number of carbonyl (C=O) groups excluding carboxylic acids is 1. The summed E-state index contributed by atoms with van der Waals surface area (Å²) in [5.41, 5.74) is 4.37. The fraction of sp³-hybridized carbons (Fsp3) is 0.158. The van der Waals surface area contributed by atoms with E-state index in [0.29, 0.717) is 17.8 Å². The maximum Gasteiger partial charge on any atom is 0.267 e. The molecule has 0 spiro atoms. The highest BCUT2D eigenvalue weighted by Crippen LogP contribution is 2.33. The molecule has 1 aliphatic rings. The zero-order valence-electron chi connectivity index (χ0n) is 12.5. The predicted molar refractivity (Wildman–Crippen MR) is 89.0 cm³/mol. The Balaban J connectivity index is 2.08. The number of hydrogen-bond donors (Lipinski definition) is 1. The van der Waals surface area contributed by atoms with E-state index < -0.39 is 0 Å². The first kappa shape index (κ1) is 13.6. The van der Waals surface area contributed by atoms with Gasteiger partial charge in [-0.25, -0.2) is 0 Å². The molecule has 0 saturated heterocycles. The number of amides is 1. The topological polar surface area (TPSA) is 57.8 Å². The van der Waals surface area contributed by atoms with Crippen LogP contribution in [-0.4, -0.2) is 17.0 Å². The molecule has 1 aromatic heterocycles. The largest absolute Gasteiger partial charge is 0.351 e. The predicted octanol–water partition coefficient (Wildman–Crippen LogP) is 3.31. The number of nitrogens with zero attached hydrogens (tertiary/aromatic N) is 2. The number of carbonyl (C=O) groups is 1. The number of aryl methyl sites for hydroxylation is 1. The zero-order chi connectivity index (χ0) is 15.8. The van der Waals surface area contributed by atoms with Crippen LogP contribution in [0, 0.1) is 11.3 Å². The monoisotopic (exact) mass is 301 g/mol. The van der Waals surface area contributed by atoms with Gasteiger partial charge < -0.3 is 9.88 Å². The Morgan fingerprint density at radius 3 is 2.74 bits per heavy atom. The van der Waals surface area contributed by atoms with Gasteiger partial charge in [0.15, 0.2) is 0 Å². The molecule has 1 N–H and O–H groups in total. The van der Waals surface area contributed by atoms with Gasteiger partial charge in [-0.05, 0) is 30.2 Å². The van der Waals surface area contributed by atoms with Gasteiger partial charge in [0.05, 0.1) is 17.1 Å². The van der Waals surface area contributed by atoms with Crippen molar-refractivity contribution in [1.82, 2.24) is 9.88 Å². The summed E-state index contributed by atoms with van der Waals surface area (Å²) < 4.78 is 2.08. The van der Waals surface area contributed by atoms with E-state index in [9.17, 15) is 10.1 Å². The molecule has 1 amide bonds. The van der Waals surface area contributed by atoms with Gasteiger partial charge in [0.2, 0.25) is 0 Å². The highest BCUT2D eigenvalue weighted by atomic mass is 16.1. The van der Waals surface area contributed by atoms with Crippen LogP contribution in [0.2, 0.25) is 0 Å². The van der Waals surface area contributed by atoms with Crippen LogP contribution >= 0.6 is 0 Å². The molecule has 0 bridgehead atoms. The molecule has 2 aromatic carbocycles. The number of benzene rings is 2. The van der Waals surface area contributed by atoms with Crippen molar-refractivity contribution in [3.05, 3.63) is 59.8 Å². The minimum atomic E-state index is -0.0452. The van der Waals surface area contributed by atoms with Crippen LogP contribution < -0.4 is 5.32 Å². The summed E-state index contributed by atoms with van der Waals surface area (Å²) in [7, 11) is 0. The average Bonchev–Trinajstić information content (AvgIpc) is 2.87. The molecular formula is C19H15N3O. The second-order valence-corrected chi connectivity index (χ2v) is 5.73. The molecule has 23 heavy (non-hydrogen) atoms. The number of aromatic nitrogens is 1. The lowest BCUT2D eigenvalue weighted by Gasteiger charge is -2.11. The van der Waals surface area contributed by atoms with Gasteiger partial charge >= 0.3 is 0 Å². The van der Waals surface area contributed by atoms with Crippen LogP contribution in [0.1, 0.15) is 22.5 Å². The highest BCUT2D eigenvalue weighted by molar-refractivity contribution is 6.03. The van der Waals surface area contributed by atoms with Gasteiger partial charge in [0.1, 0.15) is 5.69 Å². The van der Waals surface area contributed by atoms with Crippen LogP contribution in [0.4, 0.5) is 0 Å². The number of rotatable bonds is 1. The third-order valence-electron chi connectivity index (χ3n) is 4.28. The third kappa shape index (κ3) is 2.18. The molecule has 0 saturated carbocycles. The van der Waals surface area contributed by atoms with Crippen LogP contribution in [0.25, 0.3) is 22.0 Å². The van der Waals surface area contributed by atoms with Crippen LogP contribution in [-0.2, 0) is 6.54 Å². The standard InChI is InChI=1S/C19H15N3O/c20-12-13-9-15-11-17-19(23)21-7-4-8-22(17)18(15)16(10-13)14-5-2-1-3-6-14/h1-3,5-6,9-11H,4,7-8H2,(H,21,23). The molecule has 0 aliphatic carbocycles. The summed E-state index contributed by atoms with van der Waals surface area (Å²) >= 11 is 0. The van der Waals surface area contributed by atoms with E-state index in [2.05, 4.69) is 16.0 Å². The van der Waals surface area contributed by atoms with Crippen LogP contribution in [0.5, 0.6) is 0 Å². The van der Waals surface area contributed by atoms with Crippen LogP contribution in [0.3, 0.4) is 0 Å². The van der Waals surface area contributed by atoms with Gasteiger partial charge in [-0.1, -0.05) is 30.3 Å². The molecule has 4 heteroatoms. The molecule has 0 unspecified atom stereocenters. The highest BCUT2D eigenvalue weighted by Gasteiger charge is 2.21. The van der Waals surface area contributed by atoms with Gasteiger partial charge in [-0.2, -0.15) is 5.26 Å². The Morgan fingerprint density at radius 1 is 1.13 bits per heavy atom. The summed E-state index contributed by atoms with van der Waals surface area (Å²) in [6.07, 6.45) is 0.900. The first-order chi connectivity index (χ1) is 11.3. The Hall–Kier alpha value is -3.06. The number of nitriles is 1. The van der Waals surface area contributed by atoms with E-state index in [4.69, 9.17) is 0 Å². The molecule has 3 aromatic rings. The first-order valence-electron chi connectivity index (χ1n) is 7.69. The van der Waals surface area contributed by atoms with E-state index in [0.717, 1.165) is 35.0 Å². The third-order valence-corrected chi connectivity index (χ3v) is 4.28. The quantitative estimate of drug-likeness (QED) is 0.749. The molecule has 2 heterocycles. The molecule has 112 valence electrons. The Morgan fingerprint density at radius 2 is 1.96 bits per heavy atom. The molecule has 0 radical (unpaired) electrons. The first-order valence-corrected chi connectivity index (χ1v) is 7.69. The second-order valence-electron chi connectivity index (χ2n) is 5.73. The second kappa shape index (κ2) is 5.29.